The van der Waals surface area contributed by atoms with E-state index in [1.165, 1.54) is 7.11 Å². The molecule has 4 bridgehead atoms. The largest absolute Gasteiger partial charge is 0.496 e. The number of amides is 3. The fourth-order valence-corrected chi connectivity index (χ4v) is 5.56. The molecule has 1 saturated heterocycles. The van der Waals surface area contributed by atoms with Gasteiger partial charge in [0.05, 0.1) is 25.8 Å². The van der Waals surface area contributed by atoms with Gasteiger partial charge in [0.1, 0.15) is 17.6 Å². The highest BCUT2D eigenvalue weighted by atomic mass is 16.5. The number of hydrogen-bond acceptors (Lipinski definition) is 7. The van der Waals surface area contributed by atoms with E-state index >= 15 is 0 Å². The molecule has 3 aliphatic rings. The van der Waals surface area contributed by atoms with Crippen LogP contribution >= 0.6 is 0 Å². The highest BCUT2D eigenvalue weighted by Crippen LogP contribution is 2.30. The number of hydrogen-bond donors (Lipinski definition) is 2. The Bertz CT molecular complexity index is 1540. The minimum atomic E-state index is -0.510. The predicted octanol–water partition coefficient (Wildman–Crippen LogP) is 3.68. The molecule has 0 spiro atoms. The van der Waals surface area contributed by atoms with E-state index in [0.29, 0.717) is 54.5 Å². The second-order valence-electron chi connectivity index (χ2n) is 12.4. The standard InChI is InChI=1S/C34H42N4O7/c1-34(2,3)38-15-12-24(19-38)33(41)37-14-13-27-26(20-37)36-32(40)21-44-30-16-22(6-10-28(30)42-4)7-11-31(39)35-18-23-8-9-25(45-27)17-29(23)43-5/h6,8-10,12,15-17,19,26-27H,7,11,13-14,18,20-21H2,1-5H3,(H,35,39)(H,36,40)/t26-,27+/m1/s1. The van der Waals surface area contributed by atoms with Gasteiger partial charge in [-0.15, -0.1) is 0 Å². The van der Waals surface area contributed by atoms with Gasteiger partial charge in [-0.3, -0.25) is 14.4 Å². The number of nitrogens with zero attached hydrogens (tertiary/aromatic N) is 2. The molecule has 3 amide bonds. The fraction of sp³-hybridized carbons (Fsp3) is 0.441. The number of aromatic nitrogens is 1. The number of ether oxygens (including phenoxy) is 4. The van der Waals surface area contributed by atoms with Crippen LogP contribution in [0.2, 0.25) is 0 Å². The monoisotopic (exact) mass is 618 g/mol. The van der Waals surface area contributed by atoms with E-state index < -0.39 is 12.1 Å². The first-order valence-electron chi connectivity index (χ1n) is 15.2. The highest BCUT2D eigenvalue weighted by Gasteiger charge is 2.35. The van der Waals surface area contributed by atoms with Gasteiger partial charge in [-0.1, -0.05) is 6.07 Å². The lowest BCUT2D eigenvalue weighted by Gasteiger charge is -2.38. The average molecular weight is 619 g/mol. The van der Waals surface area contributed by atoms with E-state index in [1.54, 1.807) is 30.2 Å². The van der Waals surface area contributed by atoms with Crippen molar-refractivity contribution >= 4 is 17.7 Å². The van der Waals surface area contributed by atoms with Crippen molar-refractivity contribution in [3.63, 3.8) is 0 Å². The van der Waals surface area contributed by atoms with Crippen molar-refractivity contribution in [1.82, 2.24) is 20.1 Å². The number of carbonyl (C=O) groups excluding carboxylic acids is 3. The SMILES string of the molecule is COc1cc2ccc1CNC(=O)CCc1ccc(OC)c(c1)OCC(=O)N[C@@H]1CN(C(=O)c3ccn(C(C)(C)C)c3)CC[C@@H]1O2. The predicted molar refractivity (Wildman–Crippen MR) is 168 cm³/mol. The first-order valence-corrected chi connectivity index (χ1v) is 15.2. The first kappa shape index (κ1) is 31.7. The van der Waals surface area contributed by atoms with Crippen LogP contribution in [0.25, 0.3) is 0 Å². The van der Waals surface area contributed by atoms with Crippen molar-refractivity contribution in [2.24, 2.45) is 0 Å². The van der Waals surface area contributed by atoms with Gasteiger partial charge >= 0.3 is 0 Å². The molecule has 0 saturated carbocycles. The third kappa shape index (κ3) is 7.71. The molecule has 1 fully saturated rings. The Morgan fingerprint density at radius 2 is 1.78 bits per heavy atom. The number of nitrogens with one attached hydrogen (secondary N) is 2. The molecule has 3 aromatic rings. The summed E-state index contributed by atoms with van der Waals surface area (Å²) in [6, 6.07) is 12.2. The molecule has 11 heteroatoms. The minimum absolute atomic E-state index is 0.105. The van der Waals surface area contributed by atoms with E-state index in [1.807, 2.05) is 41.2 Å². The summed E-state index contributed by atoms with van der Waals surface area (Å²) < 4.78 is 25.4. The summed E-state index contributed by atoms with van der Waals surface area (Å²) in [5.74, 6) is 1.45. The van der Waals surface area contributed by atoms with Crippen molar-refractivity contribution in [2.45, 2.75) is 64.3 Å². The molecule has 3 aliphatic heterocycles. The zero-order valence-corrected chi connectivity index (χ0v) is 26.6. The van der Waals surface area contributed by atoms with Gasteiger partial charge in [0, 0.05) is 62.0 Å². The zero-order chi connectivity index (χ0) is 32.1. The lowest BCUT2D eigenvalue weighted by molar-refractivity contribution is -0.125. The highest BCUT2D eigenvalue weighted by molar-refractivity contribution is 5.94. The number of benzene rings is 2. The van der Waals surface area contributed by atoms with Gasteiger partial charge in [-0.25, -0.2) is 0 Å². The van der Waals surface area contributed by atoms with Crippen molar-refractivity contribution in [3.8, 4) is 23.0 Å². The second kappa shape index (κ2) is 13.5. The Morgan fingerprint density at radius 1 is 0.978 bits per heavy atom. The smallest absolute Gasteiger partial charge is 0.258 e. The summed E-state index contributed by atoms with van der Waals surface area (Å²) in [6.07, 6.45) is 4.60. The molecule has 45 heavy (non-hydrogen) atoms. The summed E-state index contributed by atoms with van der Waals surface area (Å²) in [5.41, 5.74) is 2.12. The molecule has 240 valence electrons. The average Bonchev–Trinajstić information content (AvgIpc) is 3.53. The van der Waals surface area contributed by atoms with Crippen LogP contribution in [0.3, 0.4) is 0 Å². The van der Waals surface area contributed by atoms with Gasteiger partial charge in [-0.2, -0.15) is 0 Å². The van der Waals surface area contributed by atoms with Crippen LogP contribution in [-0.4, -0.2) is 73.3 Å². The Morgan fingerprint density at radius 3 is 2.51 bits per heavy atom. The Labute approximate surface area is 263 Å². The second-order valence-corrected chi connectivity index (χ2v) is 12.4. The van der Waals surface area contributed by atoms with Gasteiger partial charge in [0.2, 0.25) is 5.91 Å². The molecule has 6 rings (SSSR count). The molecule has 0 aliphatic carbocycles. The number of rotatable bonds is 3. The summed E-state index contributed by atoms with van der Waals surface area (Å²) in [6.45, 7) is 6.98. The molecular formula is C34H42N4O7. The zero-order valence-electron chi connectivity index (χ0n) is 26.6. The molecule has 0 radical (unpaired) electrons. The number of piperidine rings is 1. The van der Waals surface area contributed by atoms with Crippen molar-refractivity contribution in [2.75, 3.05) is 33.9 Å². The van der Waals surface area contributed by atoms with Crippen LogP contribution in [0.1, 0.15) is 55.1 Å². The number of likely N-dealkylation sites (tertiary alicyclic amines) is 1. The molecular weight excluding hydrogens is 576 g/mol. The van der Waals surface area contributed by atoms with Crippen LogP contribution < -0.4 is 29.6 Å². The van der Waals surface area contributed by atoms with Gasteiger partial charge in [0.15, 0.2) is 18.1 Å². The van der Waals surface area contributed by atoms with Crippen molar-refractivity contribution < 1.29 is 33.3 Å². The van der Waals surface area contributed by atoms with E-state index in [4.69, 9.17) is 18.9 Å². The molecule has 2 N–H and O–H groups in total. The van der Waals surface area contributed by atoms with Crippen LogP contribution in [0.15, 0.2) is 54.9 Å². The van der Waals surface area contributed by atoms with E-state index in [0.717, 1.165) is 11.1 Å². The molecule has 2 aromatic carbocycles. The summed E-state index contributed by atoms with van der Waals surface area (Å²) in [4.78, 5) is 41.2. The lowest BCUT2D eigenvalue weighted by Crippen LogP contribution is -2.58. The minimum Gasteiger partial charge on any atom is -0.496 e. The van der Waals surface area contributed by atoms with Crippen LogP contribution in [0.5, 0.6) is 23.0 Å². The van der Waals surface area contributed by atoms with E-state index in [9.17, 15) is 14.4 Å². The molecule has 0 unspecified atom stereocenters. The third-order valence-corrected chi connectivity index (χ3v) is 8.15. The number of carbonyl (C=O) groups is 3. The maximum absolute atomic E-state index is 13.6. The van der Waals surface area contributed by atoms with Crippen molar-refractivity contribution in [3.05, 3.63) is 71.5 Å². The summed E-state index contributed by atoms with van der Waals surface area (Å²) >= 11 is 0. The Kier molecular flexibility index (Phi) is 9.55. The maximum Gasteiger partial charge on any atom is 0.258 e. The molecule has 11 nitrogen and oxygen atoms in total. The Hall–Kier alpha value is -4.67. The first-order chi connectivity index (χ1) is 21.5. The molecule has 1 aromatic heterocycles. The summed E-state index contributed by atoms with van der Waals surface area (Å²) in [7, 11) is 3.10. The van der Waals surface area contributed by atoms with Gasteiger partial charge in [0.25, 0.3) is 11.8 Å². The Balaban J connectivity index is 1.41. The van der Waals surface area contributed by atoms with E-state index in [2.05, 4.69) is 31.4 Å². The lowest BCUT2D eigenvalue weighted by atomic mass is 10.0. The normalized spacial score (nSPS) is 19.4. The fourth-order valence-electron chi connectivity index (χ4n) is 5.56. The van der Waals surface area contributed by atoms with Crippen LogP contribution in [0.4, 0.5) is 0 Å². The van der Waals surface area contributed by atoms with Crippen LogP contribution in [0, 0.1) is 0 Å². The topological polar surface area (TPSA) is 120 Å². The number of fused-ring (bicyclic) bond motifs is 9. The quantitative estimate of drug-likeness (QED) is 0.460. The molecule has 4 heterocycles. The number of aryl methyl sites for hydroxylation is 1. The van der Waals surface area contributed by atoms with Crippen molar-refractivity contribution in [1.29, 1.82) is 0 Å². The molecule has 2 atom stereocenters. The third-order valence-electron chi connectivity index (χ3n) is 8.15. The van der Waals surface area contributed by atoms with Crippen LogP contribution in [-0.2, 0) is 28.1 Å². The van der Waals surface area contributed by atoms with Gasteiger partial charge in [-0.05, 0) is 63.1 Å². The summed E-state index contributed by atoms with van der Waals surface area (Å²) in [5, 5.41) is 6.01. The van der Waals surface area contributed by atoms with E-state index in [-0.39, 0.29) is 42.8 Å². The maximum atomic E-state index is 13.6. The number of methoxy groups -OCH3 is 2. The van der Waals surface area contributed by atoms with Gasteiger partial charge < -0.3 is 39.0 Å².